The van der Waals surface area contributed by atoms with Crippen molar-refractivity contribution in [2.24, 2.45) is 0 Å². The predicted molar refractivity (Wildman–Crippen MR) is 128 cm³/mol. The Labute approximate surface area is 188 Å². The molecule has 0 amide bonds. The highest BCUT2D eigenvalue weighted by Crippen LogP contribution is 2.17. The van der Waals surface area contributed by atoms with Crippen molar-refractivity contribution in [3.05, 3.63) is 106 Å². The van der Waals surface area contributed by atoms with E-state index in [0.29, 0.717) is 30.5 Å². The molecule has 0 unspecified atom stereocenters. The molecule has 4 aromatic rings. The Balaban J connectivity index is 1.58. The second-order valence-electron chi connectivity index (χ2n) is 7.97. The molecular weight excluding hydrogens is 398 g/mol. The van der Waals surface area contributed by atoms with Crippen molar-refractivity contribution in [3.8, 4) is 0 Å². The second-order valence-corrected chi connectivity index (χ2v) is 7.97. The van der Waals surface area contributed by atoms with Crippen molar-refractivity contribution in [3.63, 3.8) is 0 Å². The van der Waals surface area contributed by atoms with Gasteiger partial charge in [-0.05, 0) is 43.5 Å². The molecule has 1 heterocycles. The number of aromatic nitrogens is 3. The van der Waals surface area contributed by atoms with E-state index in [1.54, 1.807) is 0 Å². The first kappa shape index (κ1) is 21.3. The predicted octanol–water partition coefficient (Wildman–Crippen LogP) is 5.12. The van der Waals surface area contributed by atoms with Crippen molar-refractivity contribution in [2.75, 3.05) is 10.6 Å². The van der Waals surface area contributed by atoms with Crippen LogP contribution in [-0.2, 0) is 13.1 Å². The lowest BCUT2D eigenvalue weighted by molar-refractivity contribution is 0.0947. The SMILES string of the molecule is Cc1ccc(CNc2nc(NCc3ccc(C)cc3)n(C(=O)c3ccccc3C)n2)cc1. The van der Waals surface area contributed by atoms with Crippen LogP contribution in [0, 0.1) is 20.8 Å². The van der Waals surface area contributed by atoms with Crippen LogP contribution >= 0.6 is 0 Å². The zero-order valence-electron chi connectivity index (χ0n) is 18.6. The van der Waals surface area contributed by atoms with E-state index in [1.807, 2.05) is 31.2 Å². The van der Waals surface area contributed by atoms with E-state index in [-0.39, 0.29) is 5.91 Å². The van der Waals surface area contributed by atoms with Gasteiger partial charge in [-0.1, -0.05) is 77.9 Å². The minimum absolute atomic E-state index is 0.217. The maximum absolute atomic E-state index is 13.3. The molecule has 6 nitrogen and oxygen atoms in total. The Bertz CT molecular complexity index is 1210. The van der Waals surface area contributed by atoms with Crippen LogP contribution in [-0.4, -0.2) is 20.7 Å². The summed E-state index contributed by atoms with van der Waals surface area (Å²) in [6.45, 7) is 7.14. The van der Waals surface area contributed by atoms with E-state index >= 15 is 0 Å². The fraction of sp³-hybridized carbons (Fsp3) is 0.192. The third kappa shape index (κ3) is 5.03. The number of benzene rings is 3. The number of rotatable bonds is 7. The standard InChI is InChI=1S/C26H27N5O/c1-18-8-12-21(13-9-18)16-27-25-29-26(28-17-22-14-10-19(2)11-15-22)31(30-25)24(32)23-7-5-4-6-20(23)3/h4-15H,16-17H2,1-3H3,(H2,27,28,29,30). The van der Waals surface area contributed by atoms with Crippen LogP contribution in [0.15, 0.2) is 72.8 Å². The lowest BCUT2D eigenvalue weighted by Gasteiger charge is -2.09. The largest absolute Gasteiger partial charge is 0.350 e. The summed E-state index contributed by atoms with van der Waals surface area (Å²) in [5.41, 5.74) is 6.12. The van der Waals surface area contributed by atoms with Gasteiger partial charge in [0, 0.05) is 18.7 Å². The van der Waals surface area contributed by atoms with Gasteiger partial charge in [0.05, 0.1) is 0 Å². The molecule has 0 saturated carbocycles. The van der Waals surface area contributed by atoms with E-state index < -0.39 is 0 Å². The maximum atomic E-state index is 13.3. The normalized spacial score (nSPS) is 10.7. The van der Waals surface area contributed by atoms with Gasteiger partial charge in [-0.25, -0.2) is 0 Å². The van der Waals surface area contributed by atoms with Gasteiger partial charge >= 0.3 is 0 Å². The summed E-state index contributed by atoms with van der Waals surface area (Å²) in [4.78, 5) is 17.8. The van der Waals surface area contributed by atoms with Crippen molar-refractivity contribution >= 4 is 17.8 Å². The summed E-state index contributed by atoms with van der Waals surface area (Å²) in [5, 5.41) is 11.0. The number of anilines is 2. The van der Waals surface area contributed by atoms with E-state index in [4.69, 9.17) is 0 Å². The van der Waals surface area contributed by atoms with Crippen LogP contribution in [0.25, 0.3) is 0 Å². The third-order valence-corrected chi connectivity index (χ3v) is 5.32. The first-order valence-corrected chi connectivity index (χ1v) is 10.7. The molecule has 0 aliphatic carbocycles. The molecule has 0 atom stereocenters. The van der Waals surface area contributed by atoms with Crippen LogP contribution in [0.5, 0.6) is 0 Å². The molecule has 0 bridgehead atoms. The quantitative estimate of drug-likeness (QED) is 0.430. The van der Waals surface area contributed by atoms with Crippen LogP contribution in [0.1, 0.15) is 38.2 Å². The highest BCUT2D eigenvalue weighted by molar-refractivity contribution is 5.98. The lowest BCUT2D eigenvalue weighted by atomic mass is 10.1. The van der Waals surface area contributed by atoms with Gasteiger partial charge in [-0.3, -0.25) is 4.79 Å². The smallest absolute Gasteiger partial charge is 0.281 e. The minimum atomic E-state index is -0.217. The maximum Gasteiger partial charge on any atom is 0.281 e. The van der Waals surface area contributed by atoms with Crippen molar-refractivity contribution < 1.29 is 4.79 Å². The zero-order chi connectivity index (χ0) is 22.5. The molecule has 0 fully saturated rings. The number of aryl methyl sites for hydroxylation is 3. The Hall–Kier alpha value is -3.93. The fourth-order valence-corrected chi connectivity index (χ4v) is 3.34. The summed E-state index contributed by atoms with van der Waals surface area (Å²) in [5.74, 6) is 0.592. The molecule has 4 rings (SSSR count). The molecule has 1 aromatic heterocycles. The number of hydrogen-bond acceptors (Lipinski definition) is 5. The molecule has 32 heavy (non-hydrogen) atoms. The van der Waals surface area contributed by atoms with Crippen molar-refractivity contribution in [1.82, 2.24) is 14.8 Å². The van der Waals surface area contributed by atoms with Crippen LogP contribution in [0.3, 0.4) is 0 Å². The monoisotopic (exact) mass is 425 g/mol. The number of carbonyl (C=O) groups excluding carboxylic acids is 1. The zero-order valence-corrected chi connectivity index (χ0v) is 18.6. The van der Waals surface area contributed by atoms with Gasteiger partial charge in [0.15, 0.2) is 0 Å². The van der Waals surface area contributed by atoms with E-state index in [9.17, 15) is 4.79 Å². The third-order valence-electron chi connectivity index (χ3n) is 5.32. The Kier molecular flexibility index (Phi) is 6.31. The van der Waals surface area contributed by atoms with Gasteiger partial charge < -0.3 is 10.6 Å². The number of nitrogens with one attached hydrogen (secondary N) is 2. The number of carbonyl (C=O) groups is 1. The minimum Gasteiger partial charge on any atom is -0.350 e. The highest BCUT2D eigenvalue weighted by atomic mass is 16.2. The Morgan fingerprint density at radius 2 is 1.34 bits per heavy atom. The summed E-state index contributed by atoms with van der Waals surface area (Å²) >= 11 is 0. The van der Waals surface area contributed by atoms with Gasteiger partial charge in [-0.2, -0.15) is 9.67 Å². The molecule has 0 radical (unpaired) electrons. The number of hydrogen-bond donors (Lipinski definition) is 2. The Morgan fingerprint density at radius 3 is 1.94 bits per heavy atom. The topological polar surface area (TPSA) is 71.8 Å². The molecule has 0 aliphatic heterocycles. The molecule has 3 aromatic carbocycles. The van der Waals surface area contributed by atoms with Crippen molar-refractivity contribution in [2.45, 2.75) is 33.9 Å². The first-order chi connectivity index (χ1) is 15.5. The highest BCUT2D eigenvalue weighted by Gasteiger charge is 2.19. The summed E-state index contributed by atoms with van der Waals surface area (Å²) in [6.07, 6.45) is 0. The van der Waals surface area contributed by atoms with Crippen LogP contribution in [0.4, 0.5) is 11.9 Å². The molecule has 0 spiro atoms. The average Bonchev–Trinajstić information content (AvgIpc) is 3.21. The average molecular weight is 426 g/mol. The summed E-state index contributed by atoms with van der Waals surface area (Å²) < 4.78 is 1.34. The van der Waals surface area contributed by atoms with Gasteiger partial charge in [-0.15, -0.1) is 5.10 Å². The van der Waals surface area contributed by atoms with Crippen LogP contribution in [0.2, 0.25) is 0 Å². The van der Waals surface area contributed by atoms with E-state index in [0.717, 1.165) is 16.7 Å². The molecule has 162 valence electrons. The molecule has 2 N–H and O–H groups in total. The van der Waals surface area contributed by atoms with Crippen molar-refractivity contribution in [1.29, 1.82) is 0 Å². The first-order valence-electron chi connectivity index (χ1n) is 10.7. The fourth-order valence-electron chi connectivity index (χ4n) is 3.34. The van der Waals surface area contributed by atoms with Crippen LogP contribution < -0.4 is 10.6 Å². The van der Waals surface area contributed by atoms with Gasteiger partial charge in [0.2, 0.25) is 11.9 Å². The van der Waals surface area contributed by atoms with E-state index in [2.05, 4.69) is 83.1 Å². The summed E-state index contributed by atoms with van der Waals surface area (Å²) in [6, 6.07) is 24.0. The molecule has 0 aliphatic rings. The second kappa shape index (κ2) is 9.47. The molecular formula is C26H27N5O. The number of nitrogens with zero attached hydrogens (tertiary/aromatic N) is 3. The molecule has 6 heteroatoms. The lowest BCUT2D eigenvalue weighted by Crippen LogP contribution is -2.18. The summed E-state index contributed by atoms with van der Waals surface area (Å²) in [7, 11) is 0. The van der Waals surface area contributed by atoms with Gasteiger partial charge in [0.25, 0.3) is 5.91 Å². The van der Waals surface area contributed by atoms with Gasteiger partial charge in [0.1, 0.15) is 0 Å². The molecule has 0 saturated heterocycles. The van der Waals surface area contributed by atoms with E-state index in [1.165, 1.54) is 15.8 Å². The Morgan fingerprint density at radius 1 is 0.781 bits per heavy atom.